The van der Waals surface area contributed by atoms with Gasteiger partial charge in [0, 0.05) is 41.1 Å². The number of anilines is 1. The highest BCUT2D eigenvalue weighted by atomic mass is 32.2. The molecule has 1 unspecified atom stereocenters. The minimum Gasteiger partial charge on any atom is -0.755 e. The lowest BCUT2D eigenvalue weighted by molar-refractivity contribution is -0.123. The van der Waals surface area contributed by atoms with E-state index in [2.05, 4.69) is 25.3 Å². The van der Waals surface area contributed by atoms with Gasteiger partial charge >= 0.3 is 6.09 Å². The van der Waals surface area contributed by atoms with E-state index in [1.54, 1.807) is 42.9 Å². The van der Waals surface area contributed by atoms with Crippen molar-refractivity contribution in [3.63, 3.8) is 0 Å². The molecule has 0 fully saturated rings. The van der Waals surface area contributed by atoms with Crippen LogP contribution < -0.4 is 15.4 Å². The Morgan fingerprint density at radius 3 is 2.44 bits per heavy atom. The number of thiazole rings is 1. The highest BCUT2D eigenvalue weighted by Crippen LogP contribution is 2.27. The third-order valence-electron chi connectivity index (χ3n) is 5.65. The van der Waals surface area contributed by atoms with Gasteiger partial charge in [-0.2, -0.15) is 0 Å². The Hall–Kier alpha value is -4.20. The number of methoxy groups -OCH3 is 1. The van der Waals surface area contributed by atoms with Crippen LogP contribution in [0.15, 0.2) is 78.6 Å². The van der Waals surface area contributed by atoms with Crippen LogP contribution >= 0.6 is 11.3 Å². The van der Waals surface area contributed by atoms with Crippen molar-refractivity contribution in [2.45, 2.75) is 24.9 Å². The van der Waals surface area contributed by atoms with Crippen LogP contribution in [0.25, 0.3) is 10.7 Å². The van der Waals surface area contributed by atoms with Crippen molar-refractivity contribution in [1.82, 2.24) is 25.6 Å². The van der Waals surface area contributed by atoms with E-state index < -0.39 is 35.4 Å². The van der Waals surface area contributed by atoms with Crippen molar-refractivity contribution >= 4 is 40.3 Å². The molecule has 0 saturated carbocycles. The number of nitrogens with one attached hydrogen (secondary N) is 3. The van der Waals surface area contributed by atoms with Crippen LogP contribution in [-0.4, -0.2) is 48.9 Å². The summed E-state index contributed by atoms with van der Waals surface area (Å²) in [5.74, 6) is -0.414. The number of hydrogen-bond donors (Lipinski definition) is 3. The first-order valence-electron chi connectivity index (χ1n) is 11.8. The Morgan fingerprint density at radius 2 is 1.77 bits per heavy atom. The van der Waals surface area contributed by atoms with E-state index in [-0.39, 0.29) is 6.42 Å². The molecule has 202 valence electrons. The van der Waals surface area contributed by atoms with Crippen molar-refractivity contribution in [2.75, 3.05) is 11.8 Å². The fourth-order valence-electron chi connectivity index (χ4n) is 3.78. The van der Waals surface area contributed by atoms with Crippen molar-refractivity contribution in [2.24, 2.45) is 0 Å². The van der Waals surface area contributed by atoms with Crippen LogP contribution in [0.1, 0.15) is 22.9 Å². The van der Waals surface area contributed by atoms with Gasteiger partial charge in [-0.15, -0.1) is 11.3 Å². The fourth-order valence-corrected chi connectivity index (χ4v) is 4.94. The molecule has 0 bridgehead atoms. The smallest absolute Gasteiger partial charge is 0.407 e. The van der Waals surface area contributed by atoms with E-state index in [9.17, 15) is 18.4 Å². The Kier molecular flexibility index (Phi) is 9.67. The molecule has 2 aromatic heterocycles. The molecule has 2 amide bonds. The van der Waals surface area contributed by atoms with Gasteiger partial charge in [0.25, 0.3) is 0 Å². The number of amides is 2. The zero-order chi connectivity index (χ0) is 27.6. The summed E-state index contributed by atoms with van der Waals surface area (Å²) in [5, 5.41) is 8.12. The molecule has 2 aromatic carbocycles. The summed E-state index contributed by atoms with van der Waals surface area (Å²) in [5.41, 5.74) is 3.32. The van der Waals surface area contributed by atoms with E-state index in [4.69, 9.17) is 9.72 Å². The second kappa shape index (κ2) is 13.6. The van der Waals surface area contributed by atoms with Gasteiger partial charge in [-0.05, 0) is 29.7 Å². The van der Waals surface area contributed by atoms with Gasteiger partial charge in [-0.1, -0.05) is 42.5 Å². The van der Waals surface area contributed by atoms with Crippen LogP contribution in [0.3, 0.4) is 0 Å². The van der Waals surface area contributed by atoms with Crippen LogP contribution in [0.4, 0.5) is 10.5 Å². The van der Waals surface area contributed by atoms with Crippen molar-refractivity contribution < 1.29 is 23.1 Å². The molecule has 11 nitrogen and oxygen atoms in total. The number of benzene rings is 2. The molecule has 2 heterocycles. The molecule has 13 heteroatoms. The molecule has 39 heavy (non-hydrogen) atoms. The average Bonchev–Trinajstić information content (AvgIpc) is 3.44. The van der Waals surface area contributed by atoms with Crippen molar-refractivity contribution in [3.05, 3.63) is 95.4 Å². The summed E-state index contributed by atoms with van der Waals surface area (Å²) < 4.78 is 28.9. The molecular weight excluding hydrogens is 540 g/mol. The van der Waals surface area contributed by atoms with Crippen LogP contribution in [-0.2, 0) is 33.6 Å². The first-order valence-corrected chi connectivity index (χ1v) is 13.7. The number of hydrogen-bond acceptors (Lipinski definition) is 9. The van der Waals surface area contributed by atoms with E-state index in [1.165, 1.54) is 18.4 Å². The van der Waals surface area contributed by atoms with E-state index in [1.807, 2.05) is 35.7 Å². The maximum atomic E-state index is 13.5. The average molecular weight is 566 g/mol. The Morgan fingerprint density at radius 1 is 1.03 bits per heavy atom. The van der Waals surface area contributed by atoms with Gasteiger partial charge in [0.2, 0.25) is 5.91 Å². The summed E-state index contributed by atoms with van der Waals surface area (Å²) in [6.07, 6.45) is 4.64. The topological polar surface area (TPSA) is 158 Å². The summed E-state index contributed by atoms with van der Waals surface area (Å²) >= 11 is -1.07. The number of ether oxygens (including phenoxy) is 1. The van der Waals surface area contributed by atoms with Crippen LogP contribution in [0, 0.1) is 0 Å². The normalized spacial score (nSPS) is 13.1. The van der Waals surface area contributed by atoms with Gasteiger partial charge in [-0.25, -0.2) is 9.78 Å². The zero-order valence-electron chi connectivity index (χ0n) is 20.8. The van der Waals surface area contributed by atoms with E-state index in [0.717, 1.165) is 11.1 Å². The Labute approximate surface area is 231 Å². The number of alkyl carbamates (subject to hydrolysis) is 1. The van der Waals surface area contributed by atoms with Gasteiger partial charge in [0.05, 0.1) is 25.0 Å². The van der Waals surface area contributed by atoms with Gasteiger partial charge in [0.15, 0.2) is 0 Å². The van der Waals surface area contributed by atoms with Gasteiger partial charge in [0.1, 0.15) is 16.7 Å². The molecule has 3 N–H and O–H groups in total. The number of rotatable bonds is 11. The van der Waals surface area contributed by atoms with Crippen molar-refractivity contribution in [1.29, 1.82) is 0 Å². The third kappa shape index (κ3) is 8.14. The third-order valence-corrected chi connectivity index (χ3v) is 6.93. The molecular formula is C26H25N6O5S2-. The second-order valence-electron chi connectivity index (χ2n) is 8.35. The molecule has 0 aliphatic carbocycles. The number of carbonyl (C=O) groups excluding carboxylic acids is 2. The van der Waals surface area contributed by atoms with E-state index >= 15 is 0 Å². The largest absolute Gasteiger partial charge is 0.755 e. The fraction of sp³-hybridized carbons (Fsp3) is 0.192. The molecule has 3 atom stereocenters. The van der Waals surface area contributed by atoms with Gasteiger partial charge in [-0.3, -0.25) is 19.0 Å². The zero-order valence-corrected chi connectivity index (χ0v) is 22.4. The summed E-state index contributed by atoms with van der Waals surface area (Å²) in [6.45, 7) is 0. The molecule has 0 aliphatic rings. The maximum absolute atomic E-state index is 13.5. The quantitative estimate of drug-likeness (QED) is 0.234. The summed E-state index contributed by atoms with van der Waals surface area (Å²) in [7, 11) is 1.24. The van der Waals surface area contributed by atoms with E-state index in [0.29, 0.717) is 28.5 Å². The highest BCUT2D eigenvalue weighted by molar-refractivity contribution is 7.80. The Bertz CT molecular complexity index is 1400. The second-order valence-corrected chi connectivity index (χ2v) is 9.88. The monoisotopic (exact) mass is 565 g/mol. The Balaban J connectivity index is 1.60. The molecule has 0 spiro atoms. The maximum Gasteiger partial charge on any atom is 0.407 e. The minimum absolute atomic E-state index is 0.253. The minimum atomic E-state index is -2.44. The summed E-state index contributed by atoms with van der Waals surface area (Å²) in [4.78, 5) is 38.7. The molecule has 4 rings (SSSR count). The standard InChI is InChI=1S/C26H26N6O5S2/c1-37-26(34)31-21(14-17-5-3-2-4-6-17)24(33)29-20(13-18-7-9-19(10-8-18)32-39(35)36)23-16-38-25(30-23)22-15-27-11-12-28-22/h2-12,15-16,20-21,32H,13-14H2,1H3,(H,29,33)(H,31,34)(H,35,36)/p-1/t20-,21-/m0/s1. The molecule has 0 saturated heterocycles. The predicted molar refractivity (Wildman–Crippen MR) is 146 cm³/mol. The summed E-state index contributed by atoms with van der Waals surface area (Å²) in [6, 6.07) is 14.6. The lowest BCUT2D eigenvalue weighted by Crippen LogP contribution is -2.49. The number of carbonyl (C=O) groups is 2. The number of aromatic nitrogens is 3. The SMILES string of the molecule is COC(=O)N[C@@H](Cc1ccccc1)C(=O)N[C@@H](Cc1ccc(NS(=O)[O-])cc1)c1csc(-c2cnccn2)n1. The van der Waals surface area contributed by atoms with Crippen LogP contribution in [0.5, 0.6) is 0 Å². The highest BCUT2D eigenvalue weighted by Gasteiger charge is 2.26. The van der Waals surface area contributed by atoms with Gasteiger partial charge < -0.3 is 24.6 Å². The predicted octanol–water partition coefficient (Wildman–Crippen LogP) is 3.17. The lowest BCUT2D eigenvalue weighted by Gasteiger charge is -2.23. The first-order chi connectivity index (χ1) is 18.9. The lowest BCUT2D eigenvalue weighted by atomic mass is 10.0. The number of nitrogens with zero attached hydrogens (tertiary/aromatic N) is 3. The molecule has 0 aliphatic heterocycles. The van der Waals surface area contributed by atoms with Crippen molar-refractivity contribution in [3.8, 4) is 10.7 Å². The molecule has 0 radical (unpaired) electrons. The first kappa shape index (κ1) is 27.8. The van der Waals surface area contributed by atoms with Crippen LogP contribution in [0.2, 0.25) is 0 Å². The molecule has 4 aromatic rings.